The SMILES string of the molecule is CC.CN(C)c1ccccc1C1CCN(c2nc(C3CC3)nc3cc(Cl)c(N(C)CCO)cc23)CC1. The average Bonchev–Trinajstić information content (AvgIpc) is 3.75. The van der Waals surface area contributed by atoms with Gasteiger partial charge in [-0.3, -0.25) is 0 Å². The Morgan fingerprint density at radius 2 is 1.64 bits per heavy atom. The molecule has 0 radical (unpaired) electrons. The summed E-state index contributed by atoms with van der Waals surface area (Å²) in [6.45, 7) is 6.54. The number of rotatable bonds is 7. The van der Waals surface area contributed by atoms with Crippen LogP contribution in [0.5, 0.6) is 0 Å². The largest absolute Gasteiger partial charge is 0.395 e. The van der Waals surface area contributed by atoms with Crippen LogP contribution in [-0.4, -0.2) is 62.5 Å². The molecule has 5 rings (SSSR count). The first-order chi connectivity index (χ1) is 17.5. The number of para-hydroxylation sites is 1. The van der Waals surface area contributed by atoms with Gasteiger partial charge in [-0.25, -0.2) is 9.97 Å². The third-order valence-electron chi connectivity index (χ3n) is 7.20. The molecule has 6 nitrogen and oxygen atoms in total. The number of aromatic nitrogens is 2. The van der Waals surface area contributed by atoms with Crippen LogP contribution in [0.4, 0.5) is 17.2 Å². The maximum Gasteiger partial charge on any atom is 0.140 e. The molecule has 3 aromatic rings. The summed E-state index contributed by atoms with van der Waals surface area (Å²) in [5.41, 5.74) is 4.58. The van der Waals surface area contributed by atoms with E-state index < -0.39 is 0 Å². The van der Waals surface area contributed by atoms with Crippen LogP contribution in [0, 0.1) is 0 Å². The monoisotopic (exact) mass is 509 g/mol. The average molecular weight is 510 g/mol. The molecule has 0 spiro atoms. The molecule has 2 aromatic carbocycles. The van der Waals surface area contributed by atoms with Crippen LogP contribution in [0.1, 0.15) is 62.8 Å². The fourth-order valence-corrected chi connectivity index (χ4v) is 5.41. The van der Waals surface area contributed by atoms with Gasteiger partial charge in [0.05, 0.1) is 22.8 Å². The predicted octanol–water partition coefficient (Wildman–Crippen LogP) is 6.07. The number of halogens is 1. The summed E-state index contributed by atoms with van der Waals surface area (Å²) in [5.74, 6) is 3.01. The Hall–Kier alpha value is -2.57. The van der Waals surface area contributed by atoms with Gasteiger partial charge in [-0.1, -0.05) is 43.6 Å². The van der Waals surface area contributed by atoms with Crippen LogP contribution in [0.15, 0.2) is 36.4 Å². The first kappa shape index (κ1) is 26.5. The second-order valence-corrected chi connectivity index (χ2v) is 10.3. The maximum absolute atomic E-state index is 9.42. The third-order valence-corrected chi connectivity index (χ3v) is 7.51. The lowest BCUT2D eigenvalue weighted by Crippen LogP contribution is -2.34. The number of anilines is 3. The molecular weight excluding hydrogens is 470 g/mol. The molecular formula is C29H40ClN5O. The molecule has 1 aliphatic carbocycles. The fraction of sp³-hybridized carbons (Fsp3) is 0.517. The van der Waals surface area contributed by atoms with E-state index in [9.17, 15) is 5.11 Å². The number of aliphatic hydroxyl groups is 1. The number of aliphatic hydroxyl groups excluding tert-OH is 1. The number of nitrogens with zero attached hydrogens (tertiary/aromatic N) is 5. The van der Waals surface area contributed by atoms with Crippen molar-refractivity contribution in [3.8, 4) is 0 Å². The number of hydrogen-bond acceptors (Lipinski definition) is 6. The van der Waals surface area contributed by atoms with Crippen LogP contribution in [0.3, 0.4) is 0 Å². The third kappa shape index (κ3) is 5.55. The van der Waals surface area contributed by atoms with Crippen LogP contribution in [0.25, 0.3) is 10.9 Å². The zero-order valence-electron chi connectivity index (χ0n) is 22.3. The van der Waals surface area contributed by atoms with Gasteiger partial charge in [0.15, 0.2) is 0 Å². The number of benzene rings is 2. The van der Waals surface area contributed by atoms with Gasteiger partial charge in [0, 0.05) is 57.8 Å². The van der Waals surface area contributed by atoms with Gasteiger partial charge in [0.1, 0.15) is 11.6 Å². The maximum atomic E-state index is 9.42. The lowest BCUT2D eigenvalue weighted by Gasteiger charge is -2.35. The highest BCUT2D eigenvalue weighted by atomic mass is 35.5. The van der Waals surface area contributed by atoms with E-state index in [1.165, 1.54) is 24.1 Å². The Bertz CT molecular complexity index is 1170. The molecule has 7 heteroatoms. The van der Waals surface area contributed by atoms with Crippen molar-refractivity contribution < 1.29 is 5.11 Å². The van der Waals surface area contributed by atoms with Gasteiger partial charge >= 0.3 is 0 Å². The summed E-state index contributed by atoms with van der Waals surface area (Å²) in [4.78, 5) is 16.6. The Kier molecular flexibility index (Phi) is 8.58. The van der Waals surface area contributed by atoms with E-state index in [4.69, 9.17) is 21.6 Å². The van der Waals surface area contributed by atoms with Crippen molar-refractivity contribution in [2.24, 2.45) is 0 Å². The summed E-state index contributed by atoms with van der Waals surface area (Å²) in [5, 5.41) is 11.1. The lowest BCUT2D eigenvalue weighted by molar-refractivity contribution is 0.304. The number of fused-ring (bicyclic) bond motifs is 1. The van der Waals surface area contributed by atoms with E-state index in [2.05, 4.69) is 54.2 Å². The van der Waals surface area contributed by atoms with Gasteiger partial charge < -0.3 is 19.8 Å². The fourth-order valence-electron chi connectivity index (χ4n) is 5.11. The Morgan fingerprint density at radius 1 is 0.944 bits per heavy atom. The molecule has 36 heavy (non-hydrogen) atoms. The Balaban J connectivity index is 0.00000148. The molecule has 1 saturated carbocycles. The molecule has 0 unspecified atom stereocenters. The van der Waals surface area contributed by atoms with Crippen molar-refractivity contribution in [2.75, 3.05) is 62.1 Å². The molecule has 0 atom stereocenters. The van der Waals surface area contributed by atoms with Gasteiger partial charge in [0.25, 0.3) is 0 Å². The van der Waals surface area contributed by atoms with E-state index in [0.29, 0.717) is 23.4 Å². The summed E-state index contributed by atoms with van der Waals surface area (Å²) >= 11 is 6.65. The molecule has 1 aliphatic heterocycles. The molecule has 1 saturated heterocycles. The standard InChI is InChI=1S/C27H34ClN5O.C2H6/c1-31(2)24-7-5-4-6-20(24)18-10-12-33(13-11-18)27-21-16-25(32(3)14-15-34)22(28)17-23(21)29-26(30-27)19-8-9-19;1-2/h4-7,16-19,34H,8-15H2,1-3H3;1-2H3. The van der Waals surface area contributed by atoms with Gasteiger partial charge in [-0.15, -0.1) is 0 Å². The molecule has 0 bridgehead atoms. The topological polar surface area (TPSA) is 55.7 Å². The van der Waals surface area contributed by atoms with E-state index >= 15 is 0 Å². The highest BCUT2D eigenvalue weighted by Crippen LogP contribution is 2.42. The first-order valence-corrected chi connectivity index (χ1v) is 13.7. The minimum Gasteiger partial charge on any atom is -0.395 e. The van der Waals surface area contributed by atoms with E-state index in [-0.39, 0.29) is 6.61 Å². The van der Waals surface area contributed by atoms with Crippen LogP contribution < -0.4 is 14.7 Å². The minimum absolute atomic E-state index is 0.0801. The molecule has 2 fully saturated rings. The van der Waals surface area contributed by atoms with Gasteiger partial charge in [0.2, 0.25) is 0 Å². The number of piperidine rings is 1. The molecule has 1 N–H and O–H groups in total. The van der Waals surface area contributed by atoms with E-state index in [0.717, 1.165) is 54.2 Å². The second kappa shape index (κ2) is 11.7. The summed E-state index contributed by atoms with van der Waals surface area (Å²) < 4.78 is 0. The Labute approximate surface area is 220 Å². The molecule has 2 heterocycles. The van der Waals surface area contributed by atoms with Crippen molar-refractivity contribution in [1.29, 1.82) is 0 Å². The summed E-state index contributed by atoms with van der Waals surface area (Å²) in [7, 11) is 6.20. The van der Waals surface area contributed by atoms with Crippen molar-refractivity contribution >= 4 is 39.7 Å². The molecule has 194 valence electrons. The van der Waals surface area contributed by atoms with Crippen LogP contribution in [-0.2, 0) is 0 Å². The second-order valence-electron chi connectivity index (χ2n) is 9.86. The van der Waals surface area contributed by atoms with Crippen molar-refractivity contribution in [3.63, 3.8) is 0 Å². The molecule has 0 amide bonds. The normalized spacial score (nSPS) is 16.0. The zero-order valence-corrected chi connectivity index (χ0v) is 23.1. The molecule has 1 aromatic heterocycles. The summed E-state index contributed by atoms with van der Waals surface area (Å²) in [6.07, 6.45) is 4.53. The Morgan fingerprint density at radius 3 is 2.28 bits per heavy atom. The summed E-state index contributed by atoms with van der Waals surface area (Å²) in [6, 6.07) is 12.9. The number of hydrogen-bond donors (Lipinski definition) is 1. The highest BCUT2D eigenvalue weighted by Gasteiger charge is 2.30. The quantitative estimate of drug-likeness (QED) is 0.417. The first-order valence-electron chi connectivity index (χ1n) is 13.3. The zero-order chi connectivity index (χ0) is 25.8. The van der Waals surface area contributed by atoms with E-state index in [1.807, 2.05) is 31.9 Å². The van der Waals surface area contributed by atoms with Crippen molar-refractivity contribution in [2.45, 2.75) is 51.4 Å². The van der Waals surface area contributed by atoms with Crippen LogP contribution in [0.2, 0.25) is 5.02 Å². The molecule has 2 aliphatic rings. The van der Waals surface area contributed by atoms with Crippen molar-refractivity contribution in [3.05, 3.63) is 52.8 Å². The van der Waals surface area contributed by atoms with Gasteiger partial charge in [-0.05, 0) is 55.4 Å². The van der Waals surface area contributed by atoms with Crippen LogP contribution >= 0.6 is 11.6 Å². The minimum atomic E-state index is 0.0801. The van der Waals surface area contributed by atoms with Gasteiger partial charge in [-0.2, -0.15) is 0 Å². The van der Waals surface area contributed by atoms with Crippen molar-refractivity contribution in [1.82, 2.24) is 9.97 Å². The number of likely N-dealkylation sites (N-methyl/N-ethyl adjacent to an activating group) is 1. The predicted molar refractivity (Wildman–Crippen MR) is 153 cm³/mol. The highest BCUT2D eigenvalue weighted by molar-refractivity contribution is 6.34. The van der Waals surface area contributed by atoms with E-state index in [1.54, 1.807) is 0 Å². The lowest BCUT2D eigenvalue weighted by atomic mass is 9.88. The smallest absolute Gasteiger partial charge is 0.140 e.